The maximum Gasteiger partial charge on any atom is 0.273 e. The number of carbonyl (C=O) groups excluding carboxylic acids is 1. The molecule has 0 fully saturated rings. The van der Waals surface area contributed by atoms with E-state index in [4.69, 9.17) is 20.9 Å². The second-order valence-corrected chi connectivity index (χ2v) is 9.21. The summed E-state index contributed by atoms with van der Waals surface area (Å²) >= 11 is 6.43. The number of halogens is 3. The number of aromatic nitrogens is 4. The van der Waals surface area contributed by atoms with E-state index in [1.807, 2.05) is 13.0 Å². The first-order valence-corrected chi connectivity index (χ1v) is 12.0. The fourth-order valence-corrected chi connectivity index (χ4v) is 4.47. The van der Waals surface area contributed by atoms with Crippen molar-refractivity contribution >= 4 is 28.4 Å². The zero-order valence-corrected chi connectivity index (χ0v) is 21.4. The van der Waals surface area contributed by atoms with Crippen molar-refractivity contribution in [3.8, 4) is 11.4 Å². The molecule has 2 aromatic carbocycles. The average Bonchev–Trinajstić information content (AvgIpc) is 3.50. The summed E-state index contributed by atoms with van der Waals surface area (Å²) in [6.45, 7) is 5.17. The standard InChI is InChI=1S/C27H22ClF2N5O3/c1-14-7-24(35-12-18(30)11-31-35)19-5-4-6-25(26(19)32-14)37-13-21-20(9-17(29)10-22(21)28)16(3)33-27(36)23-8-15(2)38-34-23/h4-12,16H,13H2,1-3H3,(H,33,36)/t16-/m0/s1. The number of benzene rings is 2. The van der Waals surface area contributed by atoms with E-state index in [0.717, 1.165) is 6.20 Å². The number of hydrogen-bond acceptors (Lipinski definition) is 6. The lowest BCUT2D eigenvalue weighted by Gasteiger charge is -2.20. The van der Waals surface area contributed by atoms with Crippen LogP contribution in [0.25, 0.3) is 16.6 Å². The van der Waals surface area contributed by atoms with Gasteiger partial charge >= 0.3 is 0 Å². The molecule has 5 aromatic rings. The molecule has 3 aromatic heterocycles. The predicted octanol–water partition coefficient (Wildman–Crippen LogP) is 6.03. The molecule has 0 radical (unpaired) electrons. The van der Waals surface area contributed by atoms with E-state index in [9.17, 15) is 13.6 Å². The molecule has 11 heteroatoms. The molecule has 0 saturated carbocycles. The van der Waals surface area contributed by atoms with E-state index in [0.29, 0.717) is 44.9 Å². The monoisotopic (exact) mass is 537 g/mol. The van der Waals surface area contributed by atoms with E-state index in [1.165, 1.54) is 29.1 Å². The first-order chi connectivity index (χ1) is 18.2. The second-order valence-electron chi connectivity index (χ2n) is 8.80. The molecule has 1 N–H and O–H groups in total. The van der Waals surface area contributed by atoms with Gasteiger partial charge in [-0.1, -0.05) is 28.9 Å². The lowest BCUT2D eigenvalue weighted by molar-refractivity contribution is 0.0930. The molecule has 0 saturated heterocycles. The molecule has 0 bridgehead atoms. The van der Waals surface area contributed by atoms with Gasteiger partial charge < -0.3 is 14.6 Å². The molecule has 0 unspecified atom stereocenters. The minimum atomic E-state index is -0.625. The predicted molar refractivity (Wildman–Crippen MR) is 136 cm³/mol. The van der Waals surface area contributed by atoms with Crippen molar-refractivity contribution in [1.82, 2.24) is 25.2 Å². The Morgan fingerprint density at radius 2 is 2.00 bits per heavy atom. The average molecular weight is 538 g/mol. The highest BCUT2D eigenvalue weighted by Crippen LogP contribution is 2.32. The molecule has 1 amide bonds. The van der Waals surface area contributed by atoms with Crippen molar-refractivity contribution in [3.05, 3.63) is 99.8 Å². The lowest BCUT2D eigenvalue weighted by Crippen LogP contribution is -2.28. The number of aryl methyl sites for hydroxylation is 2. The molecule has 8 nitrogen and oxygen atoms in total. The highest BCUT2D eigenvalue weighted by molar-refractivity contribution is 6.31. The number of amides is 1. The molecule has 194 valence electrons. The molecule has 3 heterocycles. The number of nitrogens with zero attached hydrogens (tertiary/aromatic N) is 4. The number of hydrogen-bond donors (Lipinski definition) is 1. The number of para-hydroxylation sites is 1. The quantitative estimate of drug-likeness (QED) is 0.272. The Balaban J connectivity index is 1.46. The number of nitrogens with one attached hydrogen (secondary N) is 1. The van der Waals surface area contributed by atoms with Gasteiger partial charge in [-0.3, -0.25) is 4.79 Å². The Bertz CT molecular complexity index is 1670. The van der Waals surface area contributed by atoms with Crippen molar-refractivity contribution in [1.29, 1.82) is 0 Å². The Hall–Kier alpha value is -4.31. The Morgan fingerprint density at radius 3 is 2.71 bits per heavy atom. The van der Waals surface area contributed by atoms with Gasteiger partial charge in [-0.2, -0.15) is 5.10 Å². The highest BCUT2D eigenvalue weighted by atomic mass is 35.5. The fraction of sp³-hybridized carbons (Fsp3) is 0.185. The Kier molecular flexibility index (Phi) is 6.81. The summed E-state index contributed by atoms with van der Waals surface area (Å²) in [5, 5.41) is 11.4. The van der Waals surface area contributed by atoms with Crippen LogP contribution in [0.1, 0.15) is 46.0 Å². The van der Waals surface area contributed by atoms with Gasteiger partial charge in [0.15, 0.2) is 11.5 Å². The first-order valence-electron chi connectivity index (χ1n) is 11.7. The van der Waals surface area contributed by atoms with E-state index < -0.39 is 23.6 Å². The summed E-state index contributed by atoms with van der Waals surface area (Å²) in [5.41, 5.74) is 2.92. The lowest BCUT2D eigenvalue weighted by atomic mass is 10.0. The Morgan fingerprint density at radius 1 is 1.18 bits per heavy atom. The molecule has 0 aliphatic rings. The van der Waals surface area contributed by atoms with Gasteiger partial charge in [0.1, 0.15) is 29.5 Å². The van der Waals surface area contributed by atoms with Crippen molar-refractivity contribution in [3.63, 3.8) is 0 Å². The van der Waals surface area contributed by atoms with Gasteiger partial charge in [-0.15, -0.1) is 0 Å². The largest absolute Gasteiger partial charge is 0.487 e. The van der Waals surface area contributed by atoms with Gasteiger partial charge in [0.05, 0.1) is 29.1 Å². The van der Waals surface area contributed by atoms with Crippen LogP contribution >= 0.6 is 11.6 Å². The summed E-state index contributed by atoms with van der Waals surface area (Å²) in [6, 6.07) is 10.5. The molecular weight excluding hydrogens is 516 g/mol. The van der Waals surface area contributed by atoms with E-state index in [-0.39, 0.29) is 17.3 Å². The number of fused-ring (bicyclic) bond motifs is 1. The summed E-state index contributed by atoms with van der Waals surface area (Å²) in [4.78, 5) is 17.2. The minimum Gasteiger partial charge on any atom is -0.487 e. The summed E-state index contributed by atoms with van der Waals surface area (Å²) < 4.78 is 40.5. The normalized spacial score (nSPS) is 12.1. The van der Waals surface area contributed by atoms with Crippen LogP contribution < -0.4 is 10.1 Å². The van der Waals surface area contributed by atoms with Crippen LogP contribution in [0.5, 0.6) is 5.75 Å². The molecular formula is C27H22ClF2N5O3. The number of rotatable bonds is 7. The SMILES string of the molecule is Cc1cc(-n2cc(F)cn2)c2cccc(OCc3c(Cl)cc(F)cc3[C@H](C)NC(=O)c3cc(C)on3)c2n1. The fourth-order valence-electron chi connectivity index (χ4n) is 4.20. The summed E-state index contributed by atoms with van der Waals surface area (Å²) in [5.74, 6) is -0.548. The van der Waals surface area contributed by atoms with Gasteiger partial charge in [-0.25, -0.2) is 18.4 Å². The van der Waals surface area contributed by atoms with Crippen molar-refractivity contribution in [2.45, 2.75) is 33.4 Å². The van der Waals surface area contributed by atoms with Gasteiger partial charge in [0.25, 0.3) is 5.91 Å². The molecule has 0 spiro atoms. The van der Waals surface area contributed by atoms with Crippen LogP contribution in [0, 0.1) is 25.5 Å². The van der Waals surface area contributed by atoms with Gasteiger partial charge in [0, 0.05) is 22.7 Å². The minimum absolute atomic E-state index is 0.0296. The zero-order chi connectivity index (χ0) is 27.0. The first kappa shape index (κ1) is 25.3. The molecule has 5 rings (SSSR count). The number of pyridine rings is 1. The third-order valence-electron chi connectivity index (χ3n) is 5.95. The van der Waals surface area contributed by atoms with Crippen LogP contribution in [0.4, 0.5) is 8.78 Å². The van der Waals surface area contributed by atoms with Gasteiger partial charge in [-0.05, 0) is 50.6 Å². The topological polar surface area (TPSA) is 95.1 Å². The van der Waals surface area contributed by atoms with Crippen LogP contribution in [0.15, 0.2) is 59.4 Å². The highest BCUT2D eigenvalue weighted by Gasteiger charge is 2.21. The smallest absolute Gasteiger partial charge is 0.273 e. The van der Waals surface area contributed by atoms with Crippen LogP contribution in [0.3, 0.4) is 0 Å². The number of carbonyl (C=O) groups is 1. The van der Waals surface area contributed by atoms with E-state index in [2.05, 4.69) is 20.6 Å². The van der Waals surface area contributed by atoms with E-state index >= 15 is 0 Å². The van der Waals surface area contributed by atoms with Crippen LogP contribution in [-0.4, -0.2) is 25.8 Å². The molecule has 38 heavy (non-hydrogen) atoms. The van der Waals surface area contributed by atoms with Crippen LogP contribution in [-0.2, 0) is 6.61 Å². The Labute approximate surface area is 221 Å². The van der Waals surface area contributed by atoms with Crippen LogP contribution in [0.2, 0.25) is 5.02 Å². The third-order valence-corrected chi connectivity index (χ3v) is 6.29. The maximum atomic E-state index is 14.3. The number of ether oxygens (including phenoxy) is 1. The second kappa shape index (κ2) is 10.2. The van der Waals surface area contributed by atoms with Crippen molar-refractivity contribution in [2.75, 3.05) is 0 Å². The van der Waals surface area contributed by atoms with Crippen molar-refractivity contribution in [2.24, 2.45) is 0 Å². The van der Waals surface area contributed by atoms with E-state index in [1.54, 1.807) is 32.0 Å². The van der Waals surface area contributed by atoms with Gasteiger partial charge in [0.2, 0.25) is 0 Å². The summed E-state index contributed by atoms with van der Waals surface area (Å²) in [6.07, 6.45) is 2.41. The molecule has 0 aliphatic carbocycles. The van der Waals surface area contributed by atoms with Crippen molar-refractivity contribution < 1.29 is 22.8 Å². The summed E-state index contributed by atoms with van der Waals surface area (Å²) in [7, 11) is 0. The molecule has 0 aliphatic heterocycles. The zero-order valence-electron chi connectivity index (χ0n) is 20.6. The maximum absolute atomic E-state index is 14.3. The molecule has 1 atom stereocenters. The third kappa shape index (κ3) is 5.08.